The minimum atomic E-state index is -0.0514. The maximum atomic E-state index is 12.6. The molecule has 6 heteroatoms. The molecule has 0 fully saturated rings. The van der Waals surface area contributed by atoms with Crippen molar-refractivity contribution in [1.82, 2.24) is 0 Å². The minimum Gasteiger partial charge on any atom is -0.497 e. The zero-order chi connectivity index (χ0) is 23.4. The van der Waals surface area contributed by atoms with Crippen LogP contribution in [0.25, 0.3) is 0 Å². The number of carbonyl (C=O) groups is 1. The molecule has 0 spiro atoms. The zero-order valence-electron chi connectivity index (χ0n) is 19.3. The number of nitrogens with zero attached hydrogens (tertiary/aromatic N) is 2. The van der Waals surface area contributed by atoms with Crippen LogP contribution < -0.4 is 10.1 Å². The van der Waals surface area contributed by atoms with Gasteiger partial charge < -0.3 is 10.1 Å². The first kappa shape index (κ1) is 22.8. The van der Waals surface area contributed by atoms with Crippen LogP contribution in [-0.4, -0.2) is 29.5 Å². The molecule has 1 amide bonds. The number of para-hydroxylation sites is 1. The molecular formula is C27H27N3O2S. The molecular weight excluding hydrogens is 430 g/mol. The van der Waals surface area contributed by atoms with Gasteiger partial charge in [0.15, 0.2) is 0 Å². The highest BCUT2D eigenvalue weighted by Gasteiger charge is 2.18. The zero-order valence-corrected chi connectivity index (χ0v) is 20.1. The van der Waals surface area contributed by atoms with Gasteiger partial charge >= 0.3 is 0 Å². The van der Waals surface area contributed by atoms with E-state index in [1.807, 2.05) is 55.5 Å². The molecule has 1 aliphatic rings. The molecule has 5 nitrogen and oxygen atoms in total. The van der Waals surface area contributed by atoms with Crippen molar-refractivity contribution in [3.63, 3.8) is 0 Å². The summed E-state index contributed by atoms with van der Waals surface area (Å²) in [5.41, 5.74) is 7.84. The van der Waals surface area contributed by atoms with Crippen molar-refractivity contribution in [2.45, 2.75) is 27.2 Å². The molecule has 1 N–H and O–H groups in total. The summed E-state index contributed by atoms with van der Waals surface area (Å²) in [5, 5.41) is 3.86. The summed E-state index contributed by atoms with van der Waals surface area (Å²) >= 11 is 1.46. The molecule has 33 heavy (non-hydrogen) atoms. The Balaban J connectivity index is 1.59. The fourth-order valence-corrected chi connectivity index (χ4v) is 4.32. The minimum absolute atomic E-state index is 0.0514. The fraction of sp³-hybridized carbons (Fsp3) is 0.222. The second-order valence-corrected chi connectivity index (χ2v) is 9.09. The molecule has 0 saturated heterocycles. The van der Waals surface area contributed by atoms with Crippen molar-refractivity contribution in [3.8, 4) is 5.75 Å². The lowest BCUT2D eigenvalue weighted by Gasteiger charge is -2.10. The van der Waals surface area contributed by atoms with Crippen molar-refractivity contribution >= 4 is 45.5 Å². The normalized spacial score (nSPS) is 12.8. The van der Waals surface area contributed by atoms with Crippen molar-refractivity contribution in [3.05, 3.63) is 82.9 Å². The first-order valence-electron chi connectivity index (χ1n) is 10.8. The number of aliphatic imine (C=N–C) groups is 2. The van der Waals surface area contributed by atoms with Gasteiger partial charge in [-0.25, -0.2) is 4.99 Å². The highest BCUT2D eigenvalue weighted by Crippen LogP contribution is 2.36. The Morgan fingerprint density at radius 3 is 2.27 bits per heavy atom. The summed E-state index contributed by atoms with van der Waals surface area (Å²) in [6.45, 7) is 6.14. The van der Waals surface area contributed by atoms with Gasteiger partial charge in [-0.2, -0.15) is 0 Å². The molecule has 0 radical (unpaired) electrons. The first-order chi connectivity index (χ1) is 15.9. The third-order valence-corrected chi connectivity index (χ3v) is 6.60. The number of nitrogens with one attached hydrogen (secondary N) is 1. The Hall–Kier alpha value is -3.38. The standard InChI is InChI=1S/C27H27N3O2S/c1-17-7-5-6-8-22(17)29-26(31)16-33-27-15-23(20-9-11-21(32-4)12-10-20)28-24-13-18(2)19(3)14-25(24)30-27/h5-14H,15-16H2,1-4H3,(H,29,31). The van der Waals surface area contributed by atoms with Gasteiger partial charge in [0, 0.05) is 12.1 Å². The number of amides is 1. The Morgan fingerprint density at radius 1 is 0.939 bits per heavy atom. The van der Waals surface area contributed by atoms with Crippen LogP contribution in [0.5, 0.6) is 5.75 Å². The van der Waals surface area contributed by atoms with Crippen molar-refractivity contribution in [2.75, 3.05) is 18.2 Å². The monoisotopic (exact) mass is 457 g/mol. The molecule has 0 aliphatic carbocycles. The maximum Gasteiger partial charge on any atom is 0.234 e. The Kier molecular flexibility index (Phi) is 6.94. The Bertz CT molecular complexity index is 1250. The molecule has 168 valence electrons. The molecule has 4 rings (SSSR count). The van der Waals surface area contributed by atoms with Gasteiger partial charge in [-0.3, -0.25) is 9.79 Å². The predicted octanol–water partition coefficient (Wildman–Crippen LogP) is 6.55. The number of rotatable bonds is 5. The number of thioether (sulfide) groups is 1. The van der Waals surface area contributed by atoms with Crippen molar-refractivity contribution in [1.29, 1.82) is 0 Å². The average Bonchev–Trinajstić information content (AvgIpc) is 2.98. The van der Waals surface area contributed by atoms with E-state index in [1.165, 1.54) is 22.9 Å². The van der Waals surface area contributed by atoms with E-state index in [-0.39, 0.29) is 11.7 Å². The van der Waals surface area contributed by atoms with Crippen LogP contribution in [0.4, 0.5) is 17.1 Å². The van der Waals surface area contributed by atoms with Gasteiger partial charge in [0.25, 0.3) is 0 Å². The van der Waals surface area contributed by atoms with E-state index in [0.29, 0.717) is 6.42 Å². The first-order valence-corrected chi connectivity index (χ1v) is 11.8. The largest absolute Gasteiger partial charge is 0.497 e. The van der Waals surface area contributed by atoms with Crippen LogP contribution in [0, 0.1) is 20.8 Å². The predicted molar refractivity (Wildman–Crippen MR) is 139 cm³/mol. The van der Waals surface area contributed by atoms with Crippen LogP contribution in [-0.2, 0) is 4.79 Å². The topological polar surface area (TPSA) is 63.1 Å². The van der Waals surface area contributed by atoms with Crippen LogP contribution in [0.1, 0.15) is 28.7 Å². The van der Waals surface area contributed by atoms with Gasteiger partial charge in [-0.15, -0.1) is 11.8 Å². The molecule has 0 atom stereocenters. The molecule has 1 heterocycles. The molecule has 0 saturated carbocycles. The van der Waals surface area contributed by atoms with Gasteiger partial charge in [-0.05, 0) is 85.5 Å². The summed E-state index contributed by atoms with van der Waals surface area (Å²) in [6.07, 6.45) is 0.557. The fourth-order valence-electron chi connectivity index (χ4n) is 3.55. The summed E-state index contributed by atoms with van der Waals surface area (Å²) < 4.78 is 5.30. The van der Waals surface area contributed by atoms with Crippen LogP contribution in [0.15, 0.2) is 70.6 Å². The number of aryl methyl sites for hydroxylation is 3. The van der Waals surface area contributed by atoms with E-state index in [1.54, 1.807) is 7.11 Å². The summed E-state index contributed by atoms with van der Waals surface area (Å²) in [7, 11) is 1.66. The van der Waals surface area contributed by atoms with Crippen LogP contribution >= 0.6 is 11.8 Å². The summed E-state index contributed by atoms with van der Waals surface area (Å²) in [5.74, 6) is 1.03. The Labute approximate surface area is 199 Å². The van der Waals surface area contributed by atoms with Gasteiger partial charge in [0.1, 0.15) is 5.75 Å². The van der Waals surface area contributed by atoms with Gasteiger partial charge in [0.05, 0.1) is 35.0 Å². The number of anilines is 1. The summed E-state index contributed by atoms with van der Waals surface area (Å²) in [4.78, 5) is 22.5. The van der Waals surface area contributed by atoms with Gasteiger partial charge in [0.2, 0.25) is 5.91 Å². The smallest absolute Gasteiger partial charge is 0.234 e. The maximum absolute atomic E-state index is 12.6. The lowest BCUT2D eigenvalue weighted by Crippen LogP contribution is -2.16. The molecule has 3 aromatic rings. The highest BCUT2D eigenvalue weighted by atomic mass is 32.2. The average molecular weight is 458 g/mol. The number of ether oxygens (including phenoxy) is 1. The quantitative estimate of drug-likeness (QED) is 0.473. The van der Waals surface area contributed by atoms with E-state index in [0.717, 1.165) is 44.7 Å². The van der Waals surface area contributed by atoms with Crippen LogP contribution in [0.3, 0.4) is 0 Å². The summed E-state index contributed by atoms with van der Waals surface area (Å²) in [6, 6.07) is 19.8. The molecule has 1 aliphatic heterocycles. The molecule has 0 aromatic heterocycles. The number of hydrogen-bond donors (Lipinski definition) is 1. The van der Waals surface area contributed by atoms with E-state index in [2.05, 4.69) is 31.3 Å². The lowest BCUT2D eigenvalue weighted by molar-refractivity contribution is -0.113. The second kappa shape index (κ2) is 10.0. The van der Waals surface area contributed by atoms with E-state index >= 15 is 0 Å². The number of methoxy groups -OCH3 is 1. The lowest BCUT2D eigenvalue weighted by atomic mass is 10.1. The number of fused-ring (bicyclic) bond motifs is 1. The number of hydrogen-bond acceptors (Lipinski definition) is 5. The van der Waals surface area contributed by atoms with Crippen LogP contribution in [0.2, 0.25) is 0 Å². The molecule has 3 aromatic carbocycles. The van der Waals surface area contributed by atoms with E-state index < -0.39 is 0 Å². The highest BCUT2D eigenvalue weighted by molar-refractivity contribution is 8.14. The SMILES string of the molecule is COc1ccc(C2=Nc3cc(C)c(C)cc3N=C(SCC(=O)Nc3ccccc3C)C2)cc1. The second-order valence-electron chi connectivity index (χ2n) is 8.05. The number of benzene rings is 3. The third-order valence-electron chi connectivity index (χ3n) is 5.62. The van der Waals surface area contributed by atoms with E-state index in [9.17, 15) is 4.79 Å². The van der Waals surface area contributed by atoms with Crippen molar-refractivity contribution < 1.29 is 9.53 Å². The van der Waals surface area contributed by atoms with Gasteiger partial charge in [-0.1, -0.05) is 18.2 Å². The number of carbonyl (C=O) groups excluding carboxylic acids is 1. The Morgan fingerprint density at radius 2 is 1.61 bits per heavy atom. The molecule has 0 bridgehead atoms. The third kappa shape index (κ3) is 5.52. The van der Waals surface area contributed by atoms with E-state index in [4.69, 9.17) is 14.7 Å². The van der Waals surface area contributed by atoms with Crippen molar-refractivity contribution in [2.24, 2.45) is 9.98 Å². The molecule has 0 unspecified atom stereocenters.